The number of carbonyl (C=O) groups is 1. The highest BCUT2D eigenvalue weighted by Crippen LogP contribution is 2.25. The highest BCUT2D eigenvalue weighted by molar-refractivity contribution is 5.91. The van der Waals surface area contributed by atoms with Crippen LogP contribution in [0.3, 0.4) is 0 Å². The molecule has 0 spiro atoms. The van der Waals surface area contributed by atoms with E-state index in [1.807, 2.05) is 30.0 Å². The van der Waals surface area contributed by atoms with Crippen LogP contribution in [0.2, 0.25) is 0 Å². The first-order chi connectivity index (χ1) is 11.7. The number of nitrogens with one attached hydrogen (secondary N) is 1. The lowest BCUT2D eigenvalue weighted by atomic mass is 10.2. The van der Waals surface area contributed by atoms with Crippen molar-refractivity contribution in [3.63, 3.8) is 0 Å². The van der Waals surface area contributed by atoms with Crippen molar-refractivity contribution in [3.05, 3.63) is 23.8 Å². The first kappa shape index (κ1) is 17.0. The molecule has 0 bridgehead atoms. The summed E-state index contributed by atoms with van der Waals surface area (Å²) in [7, 11) is 1.62. The average molecular weight is 333 g/mol. The molecule has 1 atom stereocenters. The fourth-order valence-electron chi connectivity index (χ4n) is 3.32. The number of ether oxygens (including phenoxy) is 2. The van der Waals surface area contributed by atoms with Gasteiger partial charge in [-0.15, -0.1) is 0 Å². The zero-order valence-corrected chi connectivity index (χ0v) is 14.6. The summed E-state index contributed by atoms with van der Waals surface area (Å²) in [5.41, 5.74) is 1.82. The highest BCUT2D eigenvalue weighted by Gasteiger charge is 2.25. The van der Waals surface area contributed by atoms with E-state index in [4.69, 9.17) is 9.47 Å². The summed E-state index contributed by atoms with van der Waals surface area (Å²) < 4.78 is 11.0. The van der Waals surface area contributed by atoms with Gasteiger partial charge in [0.25, 0.3) is 0 Å². The van der Waals surface area contributed by atoms with Gasteiger partial charge in [0, 0.05) is 39.3 Å². The molecule has 1 unspecified atom stereocenters. The summed E-state index contributed by atoms with van der Waals surface area (Å²) in [4.78, 5) is 16.8. The largest absolute Gasteiger partial charge is 0.495 e. The Balaban J connectivity index is 1.51. The van der Waals surface area contributed by atoms with Crippen molar-refractivity contribution in [2.75, 3.05) is 51.8 Å². The smallest absolute Gasteiger partial charge is 0.322 e. The molecule has 24 heavy (non-hydrogen) atoms. The SMILES string of the molecule is COc1ccc(C)cc1NC(=O)N1CCN(CC2CCCO2)CC1. The van der Waals surface area contributed by atoms with Crippen molar-refractivity contribution in [1.82, 2.24) is 9.80 Å². The number of hydrogen-bond acceptors (Lipinski definition) is 4. The third kappa shape index (κ3) is 4.19. The van der Waals surface area contributed by atoms with Gasteiger partial charge in [0.2, 0.25) is 0 Å². The number of benzene rings is 1. The molecule has 1 aromatic rings. The van der Waals surface area contributed by atoms with Crippen LogP contribution in [-0.4, -0.2) is 68.4 Å². The van der Waals surface area contributed by atoms with Crippen LogP contribution in [0.25, 0.3) is 0 Å². The predicted molar refractivity (Wildman–Crippen MR) is 93.7 cm³/mol. The van der Waals surface area contributed by atoms with Crippen LogP contribution >= 0.6 is 0 Å². The van der Waals surface area contributed by atoms with Gasteiger partial charge >= 0.3 is 6.03 Å². The molecule has 2 fully saturated rings. The monoisotopic (exact) mass is 333 g/mol. The van der Waals surface area contributed by atoms with Gasteiger partial charge in [-0.3, -0.25) is 4.90 Å². The van der Waals surface area contributed by atoms with Crippen molar-refractivity contribution < 1.29 is 14.3 Å². The van der Waals surface area contributed by atoms with Crippen LogP contribution in [0, 0.1) is 6.92 Å². The standard InChI is InChI=1S/C18H27N3O3/c1-14-5-6-17(23-2)16(12-14)19-18(22)21-9-7-20(8-10-21)13-15-4-3-11-24-15/h5-6,12,15H,3-4,7-11,13H2,1-2H3,(H,19,22). The number of nitrogens with zero attached hydrogens (tertiary/aromatic N) is 2. The molecule has 2 saturated heterocycles. The highest BCUT2D eigenvalue weighted by atomic mass is 16.5. The second-order valence-corrected chi connectivity index (χ2v) is 6.56. The van der Waals surface area contributed by atoms with Crippen molar-refractivity contribution in [3.8, 4) is 5.75 Å². The summed E-state index contributed by atoms with van der Waals surface area (Å²) in [6.07, 6.45) is 2.71. The van der Waals surface area contributed by atoms with Crippen LogP contribution in [0.4, 0.5) is 10.5 Å². The number of aryl methyl sites for hydroxylation is 1. The molecule has 1 aromatic carbocycles. The second-order valence-electron chi connectivity index (χ2n) is 6.56. The molecule has 0 aliphatic carbocycles. The van der Waals surface area contributed by atoms with E-state index in [9.17, 15) is 4.79 Å². The van der Waals surface area contributed by atoms with Crippen LogP contribution in [0.15, 0.2) is 18.2 Å². The number of rotatable bonds is 4. The van der Waals surface area contributed by atoms with Crippen LogP contribution in [-0.2, 0) is 4.74 Å². The first-order valence-corrected chi connectivity index (χ1v) is 8.70. The molecule has 2 heterocycles. The number of urea groups is 1. The number of anilines is 1. The summed E-state index contributed by atoms with van der Waals surface area (Å²) in [6.45, 7) is 7.17. The molecule has 1 N–H and O–H groups in total. The Bertz CT molecular complexity index is 565. The van der Waals surface area contributed by atoms with E-state index in [0.29, 0.717) is 11.9 Å². The maximum atomic E-state index is 12.5. The van der Waals surface area contributed by atoms with E-state index in [0.717, 1.165) is 57.0 Å². The maximum Gasteiger partial charge on any atom is 0.322 e. The fourth-order valence-corrected chi connectivity index (χ4v) is 3.32. The Labute approximate surface area is 143 Å². The minimum absolute atomic E-state index is 0.0596. The van der Waals surface area contributed by atoms with Crippen LogP contribution in [0.1, 0.15) is 18.4 Å². The summed E-state index contributed by atoms with van der Waals surface area (Å²) in [5, 5.41) is 2.98. The summed E-state index contributed by atoms with van der Waals surface area (Å²) in [5.74, 6) is 0.686. The van der Waals surface area contributed by atoms with E-state index in [2.05, 4.69) is 10.2 Å². The topological polar surface area (TPSA) is 54.0 Å². The van der Waals surface area contributed by atoms with Gasteiger partial charge in [-0.2, -0.15) is 0 Å². The Morgan fingerprint density at radius 1 is 1.33 bits per heavy atom. The van der Waals surface area contributed by atoms with Gasteiger partial charge in [0.15, 0.2) is 0 Å². The minimum atomic E-state index is -0.0596. The van der Waals surface area contributed by atoms with Gasteiger partial charge in [0.1, 0.15) is 5.75 Å². The van der Waals surface area contributed by atoms with Gasteiger partial charge in [-0.25, -0.2) is 4.79 Å². The summed E-state index contributed by atoms with van der Waals surface area (Å²) >= 11 is 0. The number of piperazine rings is 1. The molecule has 0 saturated carbocycles. The zero-order chi connectivity index (χ0) is 16.9. The first-order valence-electron chi connectivity index (χ1n) is 8.70. The van der Waals surface area contributed by atoms with E-state index in [-0.39, 0.29) is 6.03 Å². The molecule has 0 aromatic heterocycles. The molecule has 3 rings (SSSR count). The molecular weight excluding hydrogens is 306 g/mol. The quantitative estimate of drug-likeness (QED) is 0.919. The predicted octanol–water partition coefficient (Wildman–Crippen LogP) is 2.33. The molecular formula is C18H27N3O3. The number of hydrogen-bond donors (Lipinski definition) is 1. The van der Waals surface area contributed by atoms with E-state index >= 15 is 0 Å². The van der Waals surface area contributed by atoms with Crippen molar-refractivity contribution >= 4 is 11.7 Å². The van der Waals surface area contributed by atoms with Crippen LogP contribution in [0.5, 0.6) is 5.75 Å². The zero-order valence-electron chi connectivity index (χ0n) is 14.6. The number of methoxy groups -OCH3 is 1. The lowest BCUT2D eigenvalue weighted by molar-refractivity contribution is 0.0571. The molecule has 2 aliphatic rings. The van der Waals surface area contributed by atoms with Gasteiger partial charge < -0.3 is 19.7 Å². The van der Waals surface area contributed by atoms with Crippen molar-refractivity contribution in [2.24, 2.45) is 0 Å². The molecule has 2 aliphatic heterocycles. The average Bonchev–Trinajstić information content (AvgIpc) is 3.09. The molecule has 132 valence electrons. The minimum Gasteiger partial charge on any atom is -0.495 e. The number of carbonyl (C=O) groups excluding carboxylic acids is 1. The summed E-state index contributed by atoms with van der Waals surface area (Å²) in [6, 6.07) is 5.73. The van der Waals surface area contributed by atoms with E-state index in [1.54, 1.807) is 7.11 Å². The lowest BCUT2D eigenvalue weighted by Gasteiger charge is -2.35. The normalized spacial score (nSPS) is 21.8. The van der Waals surface area contributed by atoms with Gasteiger partial charge in [-0.1, -0.05) is 6.07 Å². The van der Waals surface area contributed by atoms with Gasteiger partial charge in [-0.05, 0) is 37.5 Å². The Hall–Kier alpha value is -1.79. The molecule has 2 amide bonds. The molecule has 0 radical (unpaired) electrons. The lowest BCUT2D eigenvalue weighted by Crippen LogP contribution is -2.51. The maximum absolute atomic E-state index is 12.5. The second kappa shape index (κ2) is 7.85. The van der Waals surface area contributed by atoms with E-state index in [1.165, 1.54) is 6.42 Å². The Morgan fingerprint density at radius 3 is 2.79 bits per heavy atom. The fraction of sp³-hybridized carbons (Fsp3) is 0.611. The number of amides is 2. The van der Waals surface area contributed by atoms with Gasteiger partial charge in [0.05, 0.1) is 18.9 Å². The third-order valence-electron chi connectivity index (χ3n) is 4.74. The molecule has 6 nitrogen and oxygen atoms in total. The van der Waals surface area contributed by atoms with Crippen LogP contribution < -0.4 is 10.1 Å². The third-order valence-corrected chi connectivity index (χ3v) is 4.74. The van der Waals surface area contributed by atoms with Crippen molar-refractivity contribution in [1.29, 1.82) is 0 Å². The Morgan fingerprint density at radius 2 is 2.12 bits per heavy atom. The van der Waals surface area contributed by atoms with Crippen molar-refractivity contribution in [2.45, 2.75) is 25.9 Å². The molecule has 6 heteroatoms. The Kier molecular flexibility index (Phi) is 5.58. The van der Waals surface area contributed by atoms with E-state index < -0.39 is 0 Å².